The number of amides is 2. The van der Waals surface area contributed by atoms with E-state index in [1.807, 2.05) is 54.6 Å². The molecule has 5 heteroatoms. The van der Waals surface area contributed by atoms with Gasteiger partial charge in [0, 0.05) is 17.0 Å². The number of hydrogen-bond acceptors (Lipinski definition) is 3. The number of benzene rings is 3. The molecular weight excluding hydrogens is 364 g/mol. The van der Waals surface area contributed by atoms with Crippen molar-refractivity contribution in [1.29, 1.82) is 0 Å². The van der Waals surface area contributed by atoms with E-state index in [-0.39, 0.29) is 11.8 Å². The van der Waals surface area contributed by atoms with Gasteiger partial charge in [-0.3, -0.25) is 14.8 Å². The van der Waals surface area contributed by atoms with E-state index < -0.39 is 11.8 Å². The van der Waals surface area contributed by atoms with E-state index in [0.717, 1.165) is 22.3 Å². The quantitative estimate of drug-likeness (QED) is 0.433. The zero-order chi connectivity index (χ0) is 21.0. The molecule has 0 aromatic heterocycles. The average molecular weight is 388 g/mol. The molecule has 0 saturated carbocycles. The van der Waals surface area contributed by atoms with E-state index in [1.165, 1.54) is 0 Å². The van der Waals surface area contributed by atoms with Gasteiger partial charge in [0.05, 0.1) is 0 Å². The summed E-state index contributed by atoms with van der Waals surface area (Å²) >= 11 is 0. The normalized spacial score (nSPS) is 11.9. The summed E-state index contributed by atoms with van der Waals surface area (Å²) in [5.74, 6) is -0.824. The third-order valence-electron chi connectivity index (χ3n) is 5.06. The van der Waals surface area contributed by atoms with Crippen molar-refractivity contribution in [3.63, 3.8) is 0 Å². The summed E-state index contributed by atoms with van der Waals surface area (Å²) in [6, 6.07) is 22.7. The second kappa shape index (κ2) is 8.71. The van der Waals surface area contributed by atoms with Crippen molar-refractivity contribution in [2.24, 2.45) is 11.7 Å². The molecule has 4 N–H and O–H groups in total. The number of nitrogens with two attached hydrogens (primary N) is 1. The van der Waals surface area contributed by atoms with Crippen molar-refractivity contribution in [2.75, 3.05) is 0 Å². The van der Waals surface area contributed by atoms with Gasteiger partial charge in [0.2, 0.25) is 5.91 Å². The van der Waals surface area contributed by atoms with E-state index in [1.54, 1.807) is 23.7 Å². The van der Waals surface area contributed by atoms with Crippen molar-refractivity contribution in [3.8, 4) is 11.1 Å². The van der Waals surface area contributed by atoms with Gasteiger partial charge in [0.15, 0.2) is 0 Å². The minimum Gasteiger partial charge on any atom is -0.366 e. The lowest BCUT2D eigenvalue weighted by Gasteiger charge is -2.25. The zero-order valence-corrected chi connectivity index (χ0v) is 16.4. The molecule has 0 aliphatic rings. The molecule has 0 aliphatic carbocycles. The molecule has 3 aromatic carbocycles. The van der Waals surface area contributed by atoms with E-state index in [0.29, 0.717) is 11.1 Å². The third kappa shape index (κ3) is 4.36. The van der Waals surface area contributed by atoms with Gasteiger partial charge in [-0.05, 0) is 52.4 Å². The Morgan fingerprint density at radius 1 is 0.897 bits per heavy atom. The van der Waals surface area contributed by atoms with Crippen molar-refractivity contribution < 1.29 is 14.8 Å². The molecule has 0 saturated heterocycles. The maximum Gasteiger partial charge on any atom is 0.274 e. The lowest BCUT2D eigenvalue weighted by Crippen LogP contribution is -2.19. The third-order valence-corrected chi connectivity index (χ3v) is 5.06. The number of hydroxylamine groups is 1. The molecule has 5 nitrogen and oxygen atoms in total. The summed E-state index contributed by atoms with van der Waals surface area (Å²) in [6.07, 6.45) is 0. The number of primary amides is 1. The maximum atomic E-state index is 11.8. The summed E-state index contributed by atoms with van der Waals surface area (Å²) < 4.78 is 0. The largest absolute Gasteiger partial charge is 0.366 e. The predicted molar refractivity (Wildman–Crippen MR) is 113 cm³/mol. The first-order chi connectivity index (χ1) is 13.9. The zero-order valence-electron chi connectivity index (χ0n) is 16.4. The van der Waals surface area contributed by atoms with Crippen LogP contribution in [0.3, 0.4) is 0 Å². The molecule has 1 atom stereocenters. The standard InChI is InChI=1S/C24H24N2O3/c1-15(2)22(17-8-10-18(11-9-17)24(28)26-29)21-14-19(23(25)27)12-13-20(21)16-6-4-3-5-7-16/h3-15,22,29H,1-2H3,(H2,25,27)(H,26,28)/t22-/m1/s1. The van der Waals surface area contributed by atoms with Crippen LogP contribution in [0.5, 0.6) is 0 Å². The van der Waals surface area contributed by atoms with Crippen molar-refractivity contribution >= 4 is 11.8 Å². The van der Waals surface area contributed by atoms with Crippen LogP contribution in [0, 0.1) is 5.92 Å². The molecule has 0 radical (unpaired) electrons. The molecule has 0 heterocycles. The van der Waals surface area contributed by atoms with E-state index in [4.69, 9.17) is 10.9 Å². The molecule has 29 heavy (non-hydrogen) atoms. The Balaban J connectivity index is 2.16. The van der Waals surface area contributed by atoms with Gasteiger partial charge in [0.1, 0.15) is 0 Å². The predicted octanol–water partition coefficient (Wildman–Crippen LogP) is 4.36. The molecular formula is C24H24N2O3. The van der Waals surface area contributed by atoms with Gasteiger partial charge in [-0.15, -0.1) is 0 Å². The molecule has 148 valence electrons. The van der Waals surface area contributed by atoms with E-state index in [2.05, 4.69) is 13.8 Å². The fraction of sp³-hybridized carbons (Fsp3) is 0.167. The molecule has 0 fully saturated rings. The number of carbonyl (C=O) groups is 2. The lowest BCUT2D eigenvalue weighted by atomic mass is 9.78. The first kappa shape index (κ1) is 20.3. The van der Waals surface area contributed by atoms with Crippen LogP contribution >= 0.6 is 0 Å². The van der Waals surface area contributed by atoms with Crippen LogP contribution in [-0.4, -0.2) is 17.0 Å². The number of nitrogens with one attached hydrogen (secondary N) is 1. The van der Waals surface area contributed by atoms with Gasteiger partial charge >= 0.3 is 0 Å². The summed E-state index contributed by atoms with van der Waals surface area (Å²) in [4.78, 5) is 23.5. The van der Waals surface area contributed by atoms with Crippen LogP contribution in [0.4, 0.5) is 0 Å². The van der Waals surface area contributed by atoms with Gasteiger partial charge in [-0.25, -0.2) is 5.48 Å². The highest BCUT2D eigenvalue weighted by atomic mass is 16.5. The van der Waals surface area contributed by atoms with Gasteiger partial charge in [-0.2, -0.15) is 0 Å². The average Bonchev–Trinajstić information content (AvgIpc) is 2.74. The minimum atomic E-state index is -0.557. The fourth-order valence-corrected chi connectivity index (χ4v) is 3.68. The molecule has 0 unspecified atom stereocenters. The first-order valence-electron chi connectivity index (χ1n) is 9.46. The highest BCUT2D eigenvalue weighted by Crippen LogP contribution is 2.38. The first-order valence-corrected chi connectivity index (χ1v) is 9.46. The topological polar surface area (TPSA) is 92.4 Å². The molecule has 0 spiro atoms. The Morgan fingerprint density at radius 2 is 1.52 bits per heavy atom. The van der Waals surface area contributed by atoms with Crippen molar-refractivity contribution in [3.05, 3.63) is 95.1 Å². The van der Waals surface area contributed by atoms with Gasteiger partial charge < -0.3 is 5.73 Å². The molecule has 3 rings (SSSR count). The number of carbonyl (C=O) groups excluding carboxylic acids is 2. The van der Waals surface area contributed by atoms with E-state index in [9.17, 15) is 9.59 Å². The summed E-state index contributed by atoms with van der Waals surface area (Å²) in [6.45, 7) is 4.23. The summed E-state index contributed by atoms with van der Waals surface area (Å²) in [5.41, 5.74) is 12.1. The smallest absolute Gasteiger partial charge is 0.274 e. The second-order valence-corrected chi connectivity index (χ2v) is 7.32. The van der Waals surface area contributed by atoms with Crippen LogP contribution in [0.25, 0.3) is 11.1 Å². The van der Waals surface area contributed by atoms with Crippen LogP contribution < -0.4 is 11.2 Å². The van der Waals surface area contributed by atoms with Crippen LogP contribution in [0.2, 0.25) is 0 Å². The Morgan fingerprint density at radius 3 is 2.07 bits per heavy atom. The monoisotopic (exact) mass is 388 g/mol. The Kier molecular flexibility index (Phi) is 6.10. The fourth-order valence-electron chi connectivity index (χ4n) is 3.68. The molecule has 0 aliphatic heterocycles. The van der Waals surface area contributed by atoms with Crippen LogP contribution in [-0.2, 0) is 0 Å². The molecule has 3 aromatic rings. The maximum absolute atomic E-state index is 11.8. The van der Waals surface area contributed by atoms with Gasteiger partial charge in [0.25, 0.3) is 5.91 Å². The second-order valence-electron chi connectivity index (χ2n) is 7.32. The number of hydrogen-bond donors (Lipinski definition) is 3. The number of rotatable bonds is 6. The highest BCUT2D eigenvalue weighted by molar-refractivity contribution is 5.94. The molecule has 2 amide bonds. The van der Waals surface area contributed by atoms with Crippen molar-refractivity contribution in [1.82, 2.24) is 5.48 Å². The van der Waals surface area contributed by atoms with E-state index >= 15 is 0 Å². The van der Waals surface area contributed by atoms with Crippen molar-refractivity contribution in [2.45, 2.75) is 19.8 Å². The minimum absolute atomic E-state index is 0.0178. The SMILES string of the molecule is CC(C)[C@H](c1ccc(C(=O)NO)cc1)c1cc(C(N)=O)ccc1-c1ccccc1. The summed E-state index contributed by atoms with van der Waals surface area (Å²) in [5, 5.41) is 8.83. The van der Waals surface area contributed by atoms with Crippen LogP contribution in [0.1, 0.15) is 51.6 Å². The Hall–Kier alpha value is -3.44. The lowest BCUT2D eigenvalue weighted by molar-refractivity contribution is 0.0706. The molecule has 0 bridgehead atoms. The Labute approximate surface area is 170 Å². The highest BCUT2D eigenvalue weighted by Gasteiger charge is 2.23. The van der Waals surface area contributed by atoms with Gasteiger partial charge in [-0.1, -0.05) is 62.4 Å². The Bertz CT molecular complexity index is 1010. The van der Waals surface area contributed by atoms with Crippen LogP contribution in [0.15, 0.2) is 72.8 Å². The summed E-state index contributed by atoms with van der Waals surface area (Å²) in [7, 11) is 0.